The summed E-state index contributed by atoms with van der Waals surface area (Å²) in [4.78, 5) is 16.7. The third-order valence-corrected chi connectivity index (χ3v) is 5.85. The summed E-state index contributed by atoms with van der Waals surface area (Å²) in [5, 5.41) is 11.9. The van der Waals surface area contributed by atoms with E-state index in [0.29, 0.717) is 19.7 Å². The number of benzene rings is 2. The Morgan fingerprint density at radius 2 is 1.72 bits per heavy atom. The van der Waals surface area contributed by atoms with E-state index in [9.17, 15) is 4.79 Å². The summed E-state index contributed by atoms with van der Waals surface area (Å²) in [6.45, 7) is 9.40. The van der Waals surface area contributed by atoms with Gasteiger partial charge >= 0.3 is 6.03 Å². The molecule has 1 saturated heterocycles. The number of carbonyl (C=O) groups is 1. The third kappa shape index (κ3) is 4.82. The van der Waals surface area contributed by atoms with Crippen LogP contribution >= 0.6 is 0 Å². The highest BCUT2D eigenvalue weighted by atomic mass is 16.5. The highest BCUT2D eigenvalue weighted by Crippen LogP contribution is 2.23. The number of hydrogen-bond acceptors (Lipinski definition) is 5. The minimum absolute atomic E-state index is 0.0599. The lowest BCUT2D eigenvalue weighted by atomic mass is 10.1. The smallest absolute Gasteiger partial charge is 0.321 e. The minimum atomic E-state index is -0.0599. The second-order valence-corrected chi connectivity index (χ2v) is 7.89. The van der Waals surface area contributed by atoms with Crippen LogP contribution in [0.2, 0.25) is 0 Å². The molecule has 4 rings (SSSR count). The quantitative estimate of drug-likeness (QED) is 0.643. The van der Waals surface area contributed by atoms with E-state index >= 15 is 0 Å². The number of urea groups is 1. The number of nitrogens with one attached hydrogen (secondary N) is 1. The summed E-state index contributed by atoms with van der Waals surface area (Å²) in [5.41, 5.74) is 4.96. The Morgan fingerprint density at radius 1 is 0.969 bits per heavy atom. The van der Waals surface area contributed by atoms with Crippen molar-refractivity contribution in [3.8, 4) is 17.0 Å². The topological polar surface area (TPSA) is 70.6 Å². The number of nitrogens with zero attached hydrogens (tertiary/aromatic N) is 4. The number of aromatic nitrogens is 2. The van der Waals surface area contributed by atoms with Gasteiger partial charge in [-0.25, -0.2) is 4.79 Å². The lowest BCUT2D eigenvalue weighted by Gasteiger charge is -2.35. The zero-order valence-corrected chi connectivity index (χ0v) is 18.8. The highest BCUT2D eigenvalue weighted by molar-refractivity contribution is 5.90. The Morgan fingerprint density at radius 3 is 2.38 bits per heavy atom. The van der Waals surface area contributed by atoms with Crippen molar-refractivity contribution < 1.29 is 9.53 Å². The molecule has 0 bridgehead atoms. The van der Waals surface area contributed by atoms with Crippen molar-refractivity contribution in [2.24, 2.45) is 0 Å². The van der Waals surface area contributed by atoms with E-state index in [0.717, 1.165) is 47.2 Å². The first-order chi connectivity index (χ1) is 15.5. The van der Waals surface area contributed by atoms with Crippen molar-refractivity contribution in [2.75, 3.05) is 43.0 Å². The van der Waals surface area contributed by atoms with Crippen LogP contribution in [0.5, 0.6) is 5.75 Å². The average Bonchev–Trinajstić information content (AvgIpc) is 2.83. The largest absolute Gasteiger partial charge is 0.494 e. The standard InChI is InChI=1S/C25H29N5O2/c1-4-32-21-10-8-20(9-11-21)23-12-13-24(28-27-23)29-14-16-30(17-15-29)25(31)26-22-7-5-6-18(2)19(22)3/h5-13H,4,14-17H2,1-3H3,(H,26,31). The van der Waals surface area contributed by atoms with Gasteiger partial charge in [0.2, 0.25) is 0 Å². The van der Waals surface area contributed by atoms with Crippen molar-refractivity contribution >= 4 is 17.5 Å². The summed E-state index contributed by atoms with van der Waals surface area (Å²) < 4.78 is 5.49. The molecule has 1 fully saturated rings. The molecule has 7 heteroatoms. The molecule has 7 nitrogen and oxygen atoms in total. The van der Waals surface area contributed by atoms with Crippen LogP contribution in [0.3, 0.4) is 0 Å². The van der Waals surface area contributed by atoms with Gasteiger partial charge in [-0.3, -0.25) is 0 Å². The van der Waals surface area contributed by atoms with Crippen molar-refractivity contribution in [3.05, 3.63) is 65.7 Å². The normalized spacial score (nSPS) is 13.7. The number of anilines is 2. The second kappa shape index (κ2) is 9.68. The van der Waals surface area contributed by atoms with Gasteiger partial charge in [-0.05, 0) is 74.4 Å². The lowest BCUT2D eigenvalue weighted by Crippen LogP contribution is -2.50. The van der Waals surface area contributed by atoms with E-state index in [1.54, 1.807) is 0 Å². The fourth-order valence-corrected chi connectivity index (χ4v) is 3.76. The Kier molecular flexibility index (Phi) is 6.54. The number of aryl methyl sites for hydroxylation is 1. The van der Waals surface area contributed by atoms with Gasteiger partial charge in [0.05, 0.1) is 12.3 Å². The predicted molar refractivity (Wildman–Crippen MR) is 127 cm³/mol. The highest BCUT2D eigenvalue weighted by Gasteiger charge is 2.22. The summed E-state index contributed by atoms with van der Waals surface area (Å²) in [6, 6.07) is 17.7. The van der Waals surface area contributed by atoms with Gasteiger partial charge in [0.1, 0.15) is 5.75 Å². The molecule has 3 aromatic rings. The summed E-state index contributed by atoms with van der Waals surface area (Å²) in [7, 11) is 0. The van der Waals surface area contributed by atoms with Crippen LogP contribution in [0.25, 0.3) is 11.3 Å². The van der Waals surface area contributed by atoms with Crippen LogP contribution in [0.15, 0.2) is 54.6 Å². The maximum absolute atomic E-state index is 12.7. The molecule has 0 unspecified atom stereocenters. The van der Waals surface area contributed by atoms with Crippen LogP contribution < -0.4 is 15.0 Å². The van der Waals surface area contributed by atoms with Crippen molar-refractivity contribution in [3.63, 3.8) is 0 Å². The van der Waals surface area contributed by atoms with E-state index in [2.05, 4.69) is 20.4 Å². The van der Waals surface area contributed by atoms with Crippen LogP contribution in [0, 0.1) is 13.8 Å². The Bertz CT molecular complexity index is 1060. The van der Waals surface area contributed by atoms with Gasteiger partial charge in [-0.15, -0.1) is 10.2 Å². The molecule has 1 N–H and O–H groups in total. The van der Waals surface area contributed by atoms with Gasteiger partial charge < -0.3 is 19.9 Å². The third-order valence-electron chi connectivity index (χ3n) is 5.85. The molecule has 2 heterocycles. The molecule has 166 valence electrons. The van der Waals surface area contributed by atoms with Gasteiger partial charge in [0, 0.05) is 37.4 Å². The molecular formula is C25H29N5O2. The van der Waals surface area contributed by atoms with Crippen LogP contribution in [0.1, 0.15) is 18.1 Å². The van der Waals surface area contributed by atoms with E-state index in [4.69, 9.17) is 4.74 Å². The molecular weight excluding hydrogens is 402 g/mol. The molecule has 1 aromatic heterocycles. The second-order valence-electron chi connectivity index (χ2n) is 7.89. The van der Waals surface area contributed by atoms with E-state index < -0.39 is 0 Å². The van der Waals surface area contributed by atoms with Crippen LogP contribution in [-0.4, -0.2) is 53.9 Å². The summed E-state index contributed by atoms with van der Waals surface area (Å²) in [6.07, 6.45) is 0. The molecule has 0 aliphatic carbocycles. The average molecular weight is 432 g/mol. The van der Waals surface area contributed by atoms with Crippen molar-refractivity contribution in [1.29, 1.82) is 0 Å². The monoisotopic (exact) mass is 431 g/mol. The van der Waals surface area contributed by atoms with E-state index in [1.807, 2.05) is 80.3 Å². The minimum Gasteiger partial charge on any atom is -0.494 e. The maximum atomic E-state index is 12.7. The van der Waals surface area contributed by atoms with Gasteiger partial charge in [0.15, 0.2) is 5.82 Å². The Hall–Kier alpha value is -3.61. The molecule has 0 saturated carbocycles. The molecule has 1 aliphatic heterocycles. The zero-order valence-electron chi connectivity index (χ0n) is 18.8. The molecule has 32 heavy (non-hydrogen) atoms. The maximum Gasteiger partial charge on any atom is 0.321 e. The number of carbonyl (C=O) groups excluding carboxylic acids is 1. The van der Waals surface area contributed by atoms with Crippen molar-refractivity contribution in [1.82, 2.24) is 15.1 Å². The number of ether oxygens (including phenoxy) is 1. The zero-order chi connectivity index (χ0) is 22.5. The van der Waals surface area contributed by atoms with Gasteiger partial charge in [0.25, 0.3) is 0 Å². The van der Waals surface area contributed by atoms with E-state index in [1.165, 1.54) is 5.56 Å². The number of piperazine rings is 1. The van der Waals surface area contributed by atoms with E-state index in [-0.39, 0.29) is 6.03 Å². The number of rotatable bonds is 5. The number of amides is 2. The summed E-state index contributed by atoms with van der Waals surface area (Å²) >= 11 is 0. The van der Waals surface area contributed by atoms with Crippen LogP contribution in [0.4, 0.5) is 16.3 Å². The molecule has 0 radical (unpaired) electrons. The predicted octanol–water partition coefficient (Wildman–Crippen LogP) is 4.51. The fraction of sp³-hybridized carbons (Fsp3) is 0.320. The molecule has 2 amide bonds. The fourth-order valence-electron chi connectivity index (χ4n) is 3.76. The first kappa shape index (κ1) is 21.6. The number of hydrogen-bond donors (Lipinski definition) is 1. The van der Waals surface area contributed by atoms with Crippen molar-refractivity contribution in [2.45, 2.75) is 20.8 Å². The first-order valence-electron chi connectivity index (χ1n) is 11.0. The Balaban J connectivity index is 1.33. The van der Waals surface area contributed by atoms with Gasteiger partial charge in [-0.2, -0.15) is 0 Å². The molecule has 0 spiro atoms. The summed E-state index contributed by atoms with van der Waals surface area (Å²) in [5.74, 6) is 1.68. The first-order valence-corrected chi connectivity index (χ1v) is 11.0. The molecule has 1 aliphatic rings. The Labute approximate surface area is 189 Å². The molecule has 2 aromatic carbocycles. The van der Waals surface area contributed by atoms with Gasteiger partial charge in [-0.1, -0.05) is 12.1 Å². The van der Waals surface area contributed by atoms with Crippen LogP contribution in [-0.2, 0) is 0 Å². The SMILES string of the molecule is CCOc1ccc(-c2ccc(N3CCN(C(=O)Nc4cccc(C)c4C)CC3)nn2)cc1. The molecule has 0 atom stereocenters. The lowest BCUT2D eigenvalue weighted by molar-refractivity contribution is 0.208.